The minimum absolute atomic E-state index is 0.750. The predicted octanol–water partition coefficient (Wildman–Crippen LogP) is 1.25. The van der Waals surface area contributed by atoms with Crippen LogP contribution in [0.3, 0.4) is 0 Å². The maximum absolute atomic E-state index is 5.17. The SMILES string of the molecule is CO[Si](CCC=S)(OC)OC. The summed E-state index contributed by atoms with van der Waals surface area (Å²) in [5, 5.41) is 1.67. The molecule has 0 aromatic heterocycles. The molecule has 0 fully saturated rings. The van der Waals surface area contributed by atoms with Gasteiger partial charge in [-0.25, -0.2) is 0 Å². The fraction of sp³-hybridized carbons (Fsp3) is 0.833. The number of rotatable bonds is 6. The first-order chi connectivity index (χ1) is 5.24. The summed E-state index contributed by atoms with van der Waals surface area (Å²) < 4.78 is 15.5. The summed E-state index contributed by atoms with van der Waals surface area (Å²) in [5.74, 6) is 0. The highest BCUT2D eigenvalue weighted by Crippen LogP contribution is 2.13. The van der Waals surface area contributed by atoms with Gasteiger partial charge >= 0.3 is 8.80 Å². The molecule has 0 amide bonds. The summed E-state index contributed by atoms with van der Waals surface area (Å²) in [6, 6.07) is 0.750. The summed E-state index contributed by atoms with van der Waals surface area (Å²) in [6.07, 6.45) is 0.789. The van der Waals surface area contributed by atoms with Crippen LogP contribution in [0.5, 0.6) is 0 Å². The van der Waals surface area contributed by atoms with Crippen LogP contribution in [0.25, 0.3) is 0 Å². The lowest BCUT2D eigenvalue weighted by Crippen LogP contribution is -2.42. The zero-order valence-corrected chi connectivity index (χ0v) is 8.94. The maximum atomic E-state index is 5.17. The minimum Gasteiger partial charge on any atom is -0.377 e. The van der Waals surface area contributed by atoms with Crippen molar-refractivity contribution in [1.29, 1.82) is 0 Å². The van der Waals surface area contributed by atoms with Gasteiger partial charge in [-0.3, -0.25) is 0 Å². The van der Waals surface area contributed by atoms with Gasteiger partial charge in [0.05, 0.1) is 0 Å². The van der Waals surface area contributed by atoms with Gasteiger partial charge in [0.25, 0.3) is 0 Å². The number of hydrogen-bond donors (Lipinski definition) is 0. The van der Waals surface area contributed by atoms with E-state index in [4.69, 9.17) is 25.5 Å². The quantitative estimate of drug-likeness (QED) is 0.470. The molecular formula is C6H14O3SSi. The van der Waals surface area contributed by atoms with Crippen LogP contribution >= 0.6 is 12.2 Å². The zero-order chi connectivity index (χ0) is 8.74. The first-order valence-corrected chi connectivity index (χ1v) is 5.74. The molecule has 0 spiro atoms. The van der Waals surface area contributed by atoms with Crippen molar-refractivity contribution in [2.24, 2.45) is 0 Å². The molecule has 0 aromatic carbocycles. The molecule has 0 saturated heterocycles. The Morgan fingerprint density at radius 3 is 1.91 bits per heavy atom. The van der Waals surface area contributed by atoms with E-state index in [1.54, 1.807) is 26.7 Å². The Morgan fingerprint density at radius 1 is 1.18 bits per heavy atom. The Hall–Kier alpha value is 0.187. The van der Waals surface area contributed by atoms with Crippen molar-refractivity contribution < 1.29 is 13.3 Å². The van der Waals surface area contributed by atoms with Crippen molar-refractivity contribution in [3.8, 4) is 0 Å². The molecule has 0 radical (unpaired) electrons. The lowest BCUT2D eigenvalue weighted by molar-refractivity contribution is 0.124. The fourth-order valence-electron chi connectivity index (χ4n) is 0.792. The normalized spacial score (nSPS) is 11.5. The first-order valence-electron chi connectivity index (χ1n) is 3.33. The van der Waals surface area contributed by atoms with Crippen LogP contribution in [-0.4, -0.2) is 35.5 Å². The molecule has 0 aliphatic heterocycles. The van der Waals surface area contributed by atoms with Gasteiger partial charge in [-0.1, -0.05) is 12.2 Å². The third-order valence-electron chi connectivity index (χ3n) is 1.50. The van der Waals surface area contributed by atoms with Crippen LogP contribution in [0.2, 0.25) is 6.04 Å². The third kappa shape index (κ3) is 3.39. The monoisotopic (exact) mass is 194 g/mol. The molecule has 0 saturated carbocycles. The Balaban J connectivity index is 3.93. The van der Waals surface area contributed by atoms with Crippen LogP contribution in [0.15, 0.2) is 0 Å². The second kappa shape index (κ2) is 5.79. The largest absolute Gasteiger partial charge is 0.500 e. The van der Waals surface area contributed by atoms with E-state index in [0.717, 1.165) is 12.5 Å². The fourth-order valence-corrected chi connectivity index (χ4v) is 2.73. The van der Waals surface area contributed by atoms with Gasteiger partial charge in [0, 0.05) is 27.4 Å². The average Bonchev–Trinajstić information content (AvgIpc) is 2.08. The smallest absolute Gasteiger partial charge is 0.377 e. The number of thiocarbonyl (C=S) groups is 1. The van der Waals surface area contributed by atoms with Gasteiger partial charge in [0.2, 0.25) is 0 Å². The van der Waals surface area contributed by atoms with Crippen LogP contribution in [0.1, 0.15) is 6.42 Å². The topological polar surface area (TPSA) is 27.7 Å². The molecule has 0 N–H and O–H groups in total. The summed E-state index contributed by atoms with van der Waals surface area (Å²) in [6.45, 7) is 0. The van der Waals surface area contributed by atoms with Crippen LogP contribution in [-0.2, 0) is 13.3 Å². The van der Waals surface area contributed by atoms with Gasteiger partial charge < -0.3 is 13.3 Å². The first kappa shape index (κ1) is 11.2. The molecule has 0 aliphatic carbocycles. The van der Waals surface area contributed by atoms with Gasteiger partial charge in [0.15, 0.2) is 0 Å². The van der Waals surface area contributed by atoms with Crippen LogP contribution in [0.4, 0.5) is 0 Å². The third-order valence-corrected chi connectivity index (χ3v) is 4.50. The molecule has 3 nitrogen and oxygen atoms in total. The van der Waals surface area contributed by atoms with Crippen LogP contribution < -0.4 is 0 Å². The maximum Gasteiger partial charge on any atom is 0.500 e. The van der Waals surface area contributed by atoms with Gasteiger partial charge in [-0.2, -0.15) is 0 Å². The highest BCUT2D eigenvalue weighted by atomic mass is 32.1. The minimum atomic E-state index is -2.34. The van der Waals surface area contributed by atoms with Crippen molar-refractivity contribution in [3.63, 3.8) is 0 Å². The molecule has 0 bridgehead atoms. The van der Waals surface area contributed by atoms with Crippen molar-refractivity contribution in [2.75, 3.05) is 21.3 Å². The Labute approximate surface area is 74.0 Å². The lowest BCUT2D eigenvalue weighted by atomic mass is 10.6. The summed E-state index contributed by atoms with van der Waals surface area (Å²) in [7, 11) is 2.46. The van der Waals surface area contributed by atoms with Crippen molar-refractivity contribution in [2.45, 2.75) is 12.5 Å². The van der Waals surface area contributed by atoms with E-state index >= 15 is 0 Å². The standard InChI is InChI=1S/C6H14O3SSi/c1-7-11(8-2,9-3)6-4-5-10/h5H,4,6H2,1-3H3. The van der Waals surface area contributed by atoms with Gasteiger partial charge in [-0.05, 0) is 11.8 Å². The summed E-state index contributed by atoms with van der Waals surface area (Å²) in [4.78, 5) is 0. The van der Waals surface area contributed by atoms with Gasteiger partial charge in [-0.15, -0.1) is 0 Å². The molecule has 0 aromatic rings. The van der Waals surface area contributed by atoms with Crippen LogP contribution in [0, 0.1) is 0 Å². The van der Waals surface area contributed by atoms with E-state index in [1.807, 2.05) is 0 Å². The van der Waals surface area contributed by atoms with Gasteiger partial charge in [0.1, 0.15) is 0 Å². The predicted molar refractivity (Wildman–Crippen MR) is 49.9 cm³/mol. The molecule has 0 rings (SSSR count). The Kier molecular flexibility index (Phi) is 5.89. The molecule has 0 unspecified atom stereocenters. The molecule has 0 atom stereocenters. The molecule has 0 heterocycles. The molecule has 0 aliphatic rings. The van der Waals surface area contributed by atoms with Crippen molar-refractivity contribution in [3.05, 3.63) is 0 Å². The van der Waals surface area contributed by atoms with Crippen molar-refractivity contribution >= 4 is 26.4 Å². The van der Waals surface area contributed by atoms with E-state index in [0.29, 0.717) is 0 Å². The Bertz CT molecular complexity index is 108. The average molecular weight is 194 g/mol. The molecular weight excluding hydrogens is 180 g/mol. The van der Waals surface area contributed by atoms with E-state index in [2.05, 4.69) is 0 Å². The number of hydrogen-bond acceptors (Lipinski definition) is 4. The highest BCUT2D eigenvalue weighted by molar-refractivity contribution is 7.78. The molecule has 5 heteroatoms. The van der Waals surface area contributed by atoms with Crippen molar-refractivity contribution in [1.82, 2.24) is 0 Å². The van der Waals surface area contributed by atoms with E-state index in [-0.39, 0.29) is 0 Å². The summed E-state index contributed by atoms with van der Waals surface area (Å²) >= 11 is 4.69. The van der Waals surface area contributed by atoms with E-state index < -0.39 is 8.80 Å². The second-order valence-electron chi connectivity index (χ2n) is 2.00. The molecule has 66 valence electrons. The highest BCUT2D eigenvalue weighted by Gasteiger charge is 2.36. The zero-order valence-electron chi connectivity index (χ0n) is 7.12. The Morgan fingerprint density at radius 2 is 1.64 bits per heavy atom. The molecule has 11 heavy (non-hydrogen) atoms. The van der Waals surface area contributed by atoms with E-state index in [9.17, 15) is 0 Å². The second-order valence-corrected chi connectivity index (χ2v) is 5.42. The lowest BCUT2D eigenvalue weighted by Gasteiger charge is -2.23. The summed E-state index contributed by atoms with van der Waals surface area (Å²) in [5.41, 5.74) is 0. The van der Waals surface area contributed by atoms with E-state index in [1.165, 1.54) is 0 Å².